The van der Waals surface area contributed by atoms with Crippen molar-refractivity contribution in [2.24, 2.45) is 0 Å². The van der Waals surface area contributed by atoms with Crippen LogP contribution in [0, 0.1) is 0 Å². The minimum atomic E-state index is -0.153. The van der Waals surface area contributed by atoms with Crippen LogP contribution in [0.2, 0.25) is 10.0 Å². The number of hydrogen-bond donors (Lipinski definition) is 2. The van der Waals surface area contributed by atoms with Gasteiger partial charge in [0.25, 0.3) is 0 Å². The maximum Gasteiger partial charge on any atom is 0.238 e. The molecule has 1 amide bonds. The standard InChI is InChI=1S/C21H18Cl2N2O/c22-18-12-11-17(13-19(18)23)25-20(26)14-24-21(15-7-3-1-4-8-15)16-9-5-2-6-10-16/h1-13,21,24H,14H2,(H,25,26). The molecule has 5 heteroatoms. The first kappa shape index (κ1) is 18.5. The van der Waals surface area contributed by atoms with E-state index >= 15 is 0 Å². The average Bonchev–Trinajstić information content (AvgIpc) is 2.67. The minimum Gasteiger partial charge on any atom is -0.325 e. The summed E-state index contributed by atoms with van der Waals surface area (Å²) in [6.45, 7) is 0.161. The summed E-state index contributed by atoms with van der Waals surface area (Å²) < 4.78 is 0. The first-order valence-electron chi connectivity index (χ1n) is 8.21. The zero-order valence-electron chi connectivity index (χ0n) is 14.0. The lowest BCUT2D eigenvalue weighted by Gasteiger charge is -2.19. The van der Waals surface area contributed by atoms with Crippen LogP contribution >= 0.6 is 23.2 Å². The van der Waals surface area contributed by atoms with E-state index in [0.29, 0.717) is 15.7 Å². The lowest BCUT2D eigenvalue weighted by molar-refractivity contribution is -0.115. The first-order chi connectivity index (χ1) is 12.6. The van der Waals surface area contributed by atoms with Crippen molar-refractivity contribution in [3.8, 4) is 0 Å². The van der Waals surface area contributed by atoms with Gasteiger partial charge in [-0.05, 0) is 29.3 Å². The molecule has 26 heavy (non-hydrogen) atoms. The summed E-state index contributed by atoms with van der Waals surface area (Å²) in [5, 5.41) is 7.01. The predicted molar refractivity (Wildman–Crippen MR) is 108 cm³/mol. The Labute approximate surface area is 163 Å². The van der Waals surface area contributed by atoms with E-state index in [9.17, 15) is 4.79 Å². The molecule has 3 aromatic carbocycles. The summed E-state index contributed by atoms with van der Waals surface area (Å²) in [5.41, 5.74) is 2.81. The van der Waals surface area contributed by atoms with Gasteiger partial charge in [0, 0.05) is 5.69 Å². The largest absolute Gasteiger partial charge is 0.325 e. The Kier molecular flexibility index (Phi) is 6.29. The van der Waals surface area contributed by atoms with E-state index in [-0.39, 0.29) is 18.5 Å². The van der Waals surface area contributed by atoms with Crippen LogP contribution in [0.5, 0.6) is 0 Å². The second-order valence-electron chi connectivity index (χ2n) is 5.81. The summed E-state index contributed by atoms with van der Waals surface area (Å²) in [6, 6.07) is 25.0. The van der Waals surface area contributed by atoms with Crippen molar-refractivity contribution in [3.05, 3.63) is 100 Å². The molecule has 0 fully saturated rings. The summed E-state index contributed by atoms with van der Waals surface area (Å²) in [5.74, 6) is -0.153. The van der Waals surface area contributed by atoms with Gasteiger partial charge in [-0.25, -0.2) is 0 Å². The highest BCUT2D eigenvalue weighted by Crippen LogP contribution is 2.25. The Morgan fingerprint density at radius 2 is 1.38 bits per heavy atom. The predicted octanol–water partition coefficient (Wildman–Crippen LogP) is 5.31. The number of carbonyl (C=O) groups excluding carboxylic acids is 1. The van der Waals surface area contributed by atoms with Crippen LogP contribution in [0.4, 0.5) is 5.69 Å². The van der Waals surface area contributed by atoms with Gasteiger partial charge in [-0.1, -0.05) is 83.9 Å². The second-order valence-corrected chi connectivity index (χ2v) is 6.63. The molecule has 0 aromatic heterocycles. The Morgan fingerprint density at radius 3 is 1.92 bits per heavy atom. The zero-order valence-corrected chi connectivity index (χ0v) is 15.5. The summed E-state index contributed by atoms with van der Waals surface area (Å²) in [4.78, 5) is 12.3. The van der Waals surface area contributed by atoms with Crippen LogP contribution in [0.1, 0.15) is 17.2 Å². The number of anilines is 1. The van der Waals surface area contributed by atoms with Crippen LogP contribution in [0.25, 0.3) is 0 Å². The number of nitrogens with one attached hydrogen (secondary N) is 2. The number of halogens is 2. The van der Waals surface area contributed by atoms with Crippen LogP contribution in [-0.2, 0) is 4.79 Å². The van der Waals surface area contributed by atoms with Gasteiger partial charge in [-0.2, -0.15) is 0 Å². The molecule has 0 atom stereocenters. The highest BCUT2D eigenvalue weighted by molar-refractivity contribution is 6.42. The molecule has 0 saturated heterocycles. The quantitative estimate of drug-likeness (QED) is 0.604. The molecule has 2 N–H and O–H groups in total. The zero-order chi connectivity index (χ0) is 18.4. The molecule has 132 valence electrons. The molecule has 0 heterocycles. The summed E-state index contributed by atoms with van der Waals surface area (Å²) in [7, 11) is 0. The maximum atomic E-state index is 12.3. The number of hydrogen-bond acceptors (Lipinski definition) is 2. The number of carbonyl (C=O) groups is 1. The van der Waals surface area contributed by atoms with Crippen molar-refractivity contribution < 1.29 is 4.79 Å². The minimum absolute atomic E-state index is 0.0723. The number of benzene rings is 3. The highest BCUT2D eigenvalue weighted by Gasteiger charge is 2.15. The second kappa shape index (κ2) is 8.86. The van der Waals surface area contributed by atoms with E-state index in [1.165, 1.54) is 0 Å². The molecule has 3 nitrogen and oxygen atoms in total. The van der Waals surface area contributed by atoms with Crippen molar-refractivity contribution in [2.45, 2.75) is 6.04 Å². The smallest absolute Gasteiger partial charge is 0.238 e. The molecule has 0 radical (unpaired) electrons. The van der Waals surface area contributed by atoms with Gasteiger partial charge in [-0.15, -0.1) is 0 Å². The normalized spacial score (nSPS) is 10.7. The molecule has 0 saturated carbocycles. The lowest BCUT2D eigenvalue weighted by Crippen LogP contribution is -2.31. The van der Waals surface area contributed by atoms with E-state index in [0.717, 1.165) is 11.1 Å². The third-order valence-electron chi connectivity index (χ3n) is 3.94. The van der Waals surface area contributed by atoms with Gasteiger partial charge in [0.05, 0.1) is 22.6 Å². The summed E-state index contributed by atoms with van der Waals surface area (Å²) >= 11 is 11.9. The number of amides is 1. The molecule has 0 aliphatic heterocycles. The lowest BCUT2D eigenvalue weighted by atomic mass is 9.99. The Morgan fingerprint density at radius 1 is 0.808 bits per heavy atom. The maximum absolute atomic E-state index is 12.3. The van der Waals surface area contributed by atoms with Crippen LogP contribution in [-0.4, -0.2) is 12.5 Å². The Bertz CT molecular complexity index is 830. The van der Waals surface area contributed by atoms with Gasteiger partial charge in [-0.3, -0.25) is 10.1 Å². The average molecular weight is 385 g/mol. The van der Waals surface area contributed by atoms with E-state index < -0.39 is 0 Å². The van der Waals surface area contributed by atoms with Crippen molar-refractivity contribution >= 4 is 34.8 Å². The molecule has 0 unspecified atom stereocenters. The SMILES string of the molecule is O=C(CNC(c1ccccc1)c1ccccc1)Nc1ccc(Cl)c(Cl)c1. The third kappa shape index (κ3) is 4.85. The van der Waals surface area contributed by atoms with Gasteiger partial charge in [0.15, 0.2) is 0 Å². The van der Waals surface area contributed by atoms with Crippen molar-refractivity contribution in [1.82, 2.24) is 5.32 Å². The fourth-order valence-corrected chi connectivity index (χ4v) is 2.99. The molecule has 3 rings (SSSR count). The highest BCUT2D eigenvalue weighted by atomic mass is 35.5. The van der Waals surface area contributed by atoms with E-state index in [1.54, 1.807) is 18.2 Å². The third-order valence-corrected chi connectivity index (χ3v) is 4.67. The Balaban J connectivity index is 1.69. The van der Waals surface area contributed by atoms with E-state index in [1.807, 2.05) is 60.7 Å². The van der Waals surface area contributed by atoms with Crippen molar-refractivity contribution in [1.29, 1.82) is 0 Å². The van der Waals surface area contributed by atoms with E-state index in [4.69, 9.17) is 23.2 Å². The van der Waals surface area contributed by atoms with Crippen LogP contribution in [0.15, 0.2) is 78.9 Å². The van der Waals surface area contributed by atoms with E-state index in [2.05, 4.69) is 10.6 Å². The fourth-order valence-electron chi connectivity index (χ4n) is 2.69. The molecule has 0 aliphatic carbocycles. The molecular weight excluding hydrogens is 367 g/mol. The topological polar surface area (TPSA) is 41.1 Å². The summed E-state index contributed by atoms with van der Waals surface area (Å²) in [6.07, 6.45) is 0. The van der Waals surface area contributed by atoms with Gasteiger partial charge < -0.3 is 5.32 Å². The van der Waals surface area contributed by atoms with Crippen molar-refractivity contribution in [2.75, 3.05) is 11.9 Å². The van der Waals surface area contributed by atoms with Gasteiger partial charge in [0.2, 0.25) is 5.91 Å². The Hall–Kier alpha value is -2.33. The van der Waals surface area contributed by atoms with Crippen LogP contribution < -0.4 is 10.6 Å². The van der Waals surface area contributed by atoms with Crippen LogP contribution in [0.3, 0.4) is 0 Å². The van der Waals surface area contributed by atoms with Crippen molar-refractivity contribution in [3.63, 3.8) is 0 Å². The fraction of sp³-hybridized carbons (Fsp3) is 0.0952. The molecular formula is C21H18Cl2N2O. The molecule has 3 aromatic rings. The first-order valence-corrected chi connectivity index (χ1v) is 8.97. The monoisotopic (exact) mass is 384 g/mol. The van der Waals surface area contributed by atoms with Gasteiger partial charge >= 0.3 is 0 Å². The molecule has 0 spiro atoms. The number of rotatable bonds is 6. The molecule has 0 aliphatic rings. The van der Waals surface area contributed by atoms with Gasteiger partial charge in [0.1, 0.15) is 0 Å². The molecule has 0 bridgehead atoms.